The number of esters is 1. The monoisotopic (exact) mass is 900 g/mol. The molecule has 64 heavy (non-hydrogen) atoms. The summed E-state index contributed by atoms with van der Waals surface area (Å²) in [5.74, 6) is -0.474. The molecule has 6 heteroatoms. The Labute approximate surface area is 398 Å². The van der Waals surface area contributed by atoms with E-state index >= 15 is 0 Å². The van der Waals surface area contributed by atoms with Crippen molar-refractivity contribution in [3.63, 3.8) is 0 Å². The molecule has 0 aromatic heterocycles. The van der Waals surface area contributed by atoms with Crippen molar-refractivity contribution in [2.45, 2.75) is 315 Å². The number of ether oxygens (including phenoxy) is 1. The van der Waals surface area contributed by atoms with Gasteiger partial charge in [0.1, 0.15) is 6.10 Å². The Morgan fingerprint density at radius 1 is 0.453 bits per heavy atom. The van der Waals surface area contributed by atoms with Gasteiger partial charge in [-0.3, -0.25) is 9.59 Å². The van der Waals surface area contributed by atoms with Crippen molar-refractivity contribution in [1.82, 2.24) is 5.32 Å². The molecular weight excluding hydrogens is 791 g/mol. The Hall–Kier alpha value is -1.92. The Morgan fingerprint density at radius 3 is 1.23 bits per heavy atom. The van der Waals surface area contributed by atoms with Crippen LogP contribution in [0.3, 0.4) is 0 Å². The van der Waals surface area contributed by atoms with Gasteiger partial charge in [-0.2, -0.15) is 0 Å². The van der Waals surface area contributed by atoms with E-state index in [1.165, 1.54) is 180 Å². The van der Waals surface area contributed by atoms with Crippen LogP contribution in [-0.4, -0.2) is 46.9 Å². The normalized spacial score (nSPS) is 13.4. The minimum Gasteiger partial charge on any atom is -0.462 e. The Bertz CT molecular complexity index is 1060. The number of allylic oxidation sites excluding steroid dienone is 6. The van der Waals surface area contributed by atoms with E-state index in [9.17, 15) is 19.8 Å². The first-order valence-electron chi connectivity index (χ1n) is 28.2. The van der Waals surface area contributed by atoms with Gasteiger partial charge in [-0.25, -0.2) is 0 Å². The lowest BCUT2D eigenvalue weighted by atomic mass is 10.0. The van der Waals surface area contributed by atoms with Crippen LogP contribution in [0, 0.1) is 0 Å². The highest BCUT2D eigenvalue weighted by Gasteiger charge is 2.24. The second-order valence-corrected chi connectivity index (χ2v) is 19.3. The molecule has 0 aliphatic carbocycles. The molecule has 0 heterocycles. The number of aliphatic hydroxyl groups is 2. The maximum Gasteiger partial charge on any atom is 0.306 e. The first kappa shape index (κ1) is 62.1. The molecule has 0 aliphatic heterocycles. The molecule has 3 atom stereocenters. The molecule has 0 saturated heterocycles. The zero-order valence-electron chi connectivity index (χ0n) is 42.9. The lowest BCUT2D eigenvalue weighted by Gasteiger charge is -2.24. The number of hydrogen-bond donors (Lipinski definition) is 3. The predicted octanol–water partition coefficient (Wildman–Crippen LogP) is 17.2. The molecule has 0 aromatic rings. The van der Waals surface area contributed by atoms with Gasteiger partial charge < -0.3 is 20.3 Å². The van der Waals surface area contributed by atoms with E-state index in [1.807, 2.05) is 0 Å². The smallest absolute Gasteiger partial charge is 0.306 e. The van der Waals surface area contributed by atoms with Crippen molar-refractivity contribution in [2.75, 3.05) is 6.61 Å². The standard InChI is InChI=1S/C58H109NO5/c1-4-7-10-13-16-19-22-24-26-28-30-32-35-37-40-43-46-49-54(52-57(62)59-55(53-60)56(61)50-47-44-41-38-34-21-18-15-12-9-6-3)64-58(63)51-48-45-42-39-36-33-31-29-27-25-23-20-17-14-11-8-5-2/h16,19,24-27,54-56,60-61H,4-15,17-18,20-23,28-53H2,1-3H3,(H,59,62)/b19-16-,26-24-,27-25+. The zero-order valence-corrected chi connectivity index (χ0v) is 42.9. The van der Waals surface area contributed by atoms with Gasteiger partial charge in [-0.15, -0.1) is 0 Å². The van der Waals surface area contributed by atoms with Gasteiger partial charge in [0.25, 0.3) is 0 Å². The van der Waals surface area contributed by atoms with E-state index in [1.54, 1.807) is 0 Å². The molecule has 0 fully saturated rings. The second-order valence-electron chi connectivity index (χ2n) is 19.3. The van der Waals surface area contributed by atoms with Crippen molar-refractivity contribution in [1.29, 1.82) is 0 Å². The Balaban J connectivity index is 4.57. The fourth-order valence-electron chi connectivity index (χ4n) is 8.63. The van der Waals surface area contributed by atoms with Crippen LogP contribution in [0.1, 0.15) is 297 Å². The largest absolute Gasteiger partial charge is 0.462 e. The first-order valence-corrected chi connectivity index (χ1v) is 28.2. The van der Waals surface area contributed by atoms with Crippen LogP contribution in [0.4, 0.5) is 0 Å². The molecule has 3 unspecified atom stereocenters. The van der Waals surface area contributed by atoms with Crippen molar-refractivity contribution in [3.05, 3.63) is 36.5 Å². The lowest BCUT2D eigenvalue weighted by Crippen LogP contribution is -2.46. The second kappa shape index (κ2) is 52.1. The molecule has 0 rings (SSSR count). The molecule has 0 aliphatic rings. The summed E-state index contributed by atoms with van der Waals surface area (Å²) in [6.07, 6.45) is 62.0. The molecule has 3 N–H and O–H groups in total. The van der Waals surface area contributed by atoms with Gasteiger partial charge >= 0.3 is 5.97 Å². The third kappa shape index (κ3) is 46.6. The number of hydrogen-bond acceptors (Lipinski definition) is 5. The van der Waals surface area contributed by atoms with E-state index in [0.717, 1.165) is 70.6 Å². The van der Waals surface area contributed by atoms with Gasteiger partial charge in [0.15, 0.2) is 0 Å². The topological polar surface area (TPSA) is 95.9 Å². The van der Waals surface area contributed by atoms with Crippen molar-refractivity contribution in [2.24, 2.45) is 0 Å². The number of unbranched alkanes of at least 4 members (excludes halogenated alkanes) is 33. The van der Waals surface area contributed by atoms with Crippen LogP contribution in [-0.2, 0) is 14.3 Å². The third-order valence-corrected chi connectivity index (χ3v) is 12.9. The minimum atomic E-state index is -0.789. The number of nitrogens with one attached hydrogen (secondary N) is 1. The molecule has 376 valence electrons. The summed E-state index contributed by atoms with van der Waals surface area (Å²) in [5, 5.41) is 23.8. The number of carbonyl (C=O) groups excluding carboxylic acids is 2. The van der Waals surface area contributed by atoms with Crippen molar-refractivity contribution in [3.8, 4) is 0 Å². The molecule has 0 spiro atoms. The Morgan fingerprint density at radius 2 is 0.797 bits per heavy atom. The van der Waals surface area contributed by atoms with Crippen LogP contribution in [0.15, 0.2) is 36.5 Å². The summed E-state index contributed by atoms with van der Waals surface area (Å²) >= 11 is 0. The highest BCUT2D eigenvalue weighted by atomic mass is 16.5. The quantitative estimate of drug-likeness (QED) is 0.0321. The van der Waals surface area contributed by atoms with Gasteiger partial charge in [0.2, 0.25) is 5.91 Å². The maximum atomic E-state index is 13.2. The van der Waals surface area contributed by atoms with Crippen molar-refractivity contribution < 1.29 is 24.5 Å². The van der Waals surface area contributed by atoms with Crippen LogP contribution < -0.4 is 5.32 Å². The van der Waals surface area contributed by atoms with Gasteiger partial charge in [-0.1, -0.05) is 237 Å². The van der Waals surface area contributed by atoms with Crippen LogP contribution >= 0.6 is 0 Å². The number of aliphatic hydroxyl groups excluding tert-OH is 2. The van der Waals surface area contributed by atoms with Gasteiger partial charge in [0.05, 0.1) is 25.2 Å². The number of carbonyl (C=O) groups is 2. The third-order valence-electron chi connectivity index (χ3n) is 12.9. The molecule has 0 saturated carbocycles. The average molecular weight is 901 g/mol. The SMILES string of the molecule is CCCCC/C=C\C/C=C\CCCCCCCCCC(CC(=O)NC(CO)C(O)CCCCCCCCCCCCC)OC(=O)CCCCCCCCC/C=C/CCCCCCCC. The average Bonchev–Trinajstić information content (AvgIpc) is 3.29. The molecule has 0 aromatic carbocycles. The summed E-state index contributed by atoms with van der Waals surface area (Å²) in [5.41, 5.74) is 0. The van der Waals surface area contributed by atoms with Crippen LogP contribution in [0.2, 0.25) is 0 Å². The zero-order chi connectivity index (χ0) is 46.7. The maximum absolute atomic E-state index is 13.2. The molecule has 1 amide bonds. The molecular formula is C58H109NO5. The van der Waals surface area contributed by atoms with Crippen LogP contribution in [0.25, 0.3) is 0 Å². The first-order chi connectivity index (χ1) is 31.5. The summed E-state index contributed by atoms with van der Waals surface area (Å²) < 4.78 is 5.96. The van der Waals surface area contributed by atoms with E-state index in [-0.39, 0.29) is 24.9 Å². The highest BCUT2D eigenvalue weighted by Crippen LogP contribution is 2.18. The highest BCUT2D eigenvalue weighted by molar-refractivity contribution is 5.77. The summed E-state index contributed by atoms with van der Waals surface area (Å²) in [7, 11) is 0. The lowest BCUT2D eigenvalue weighted by molar-refractivity contribution is -0.151. The molecule has 6 nitrogen and oxygen atoms in total. The van der Waals surface area contributed by atoms with E-state index in [4.69, 9.17) is 4.74 Å². The van der Waals surface area contributed by atoms with E-state index < -0.39 is 18.2 Å². The minimum absolute atomic E-state index is 0.0732. The van der Waals surface area contributed by atoms with E-state index in [0.29, 0.717) is 19.3 Å². The molecule has 0 bridgehead atoms. The van der Waals surface area contributed by atoms with Crippen LogP contribution in [0.5, 0.6) is 0 Å². The fourth-order valence-corrected chi connectivity index (χ4v) is 8.63. The number of rotatable bonds is 51. The van der Waals surface area contributed by atoms with Gasteiger partial charge in [-0.05, 0) is 83.5 Å². The Kier molecular flexibility index (Phi) is 50.5. The predicted molar refractivity (Wildman–Crippen MR) is 278 cm³/mol. The molecule has 0 radical (unpaired) electrons. The van der Waals surface area contributed by atoms with E-state index in [2.05, 4.69) is 62.5 Å². The summed E-state index contributed by atoms with van der Waals surface area (Å²) in [6, 6.07) is -0.703. The summed E-state index contributed by atoms with van der Waals surface area (Å²) in [4.78, 5) is 26.2. The number of amides is 1. The van der Waals surface area contributed by atoms with Gasteiger partial charge in [0, 0.05) is 6.42 Å². The van der Waals surface area contributed by atoms with Crippen molar-refractivity contribution >= 4 is 11.9 Å². The summed E-state index contributed by atoms with van der Waals surface area (Å²) in [6.45, 7) is 6.47. The fraction of sp³-hybridized carbons (Fsp3) is 0.862.